The highest BCUT2D eigenvalue weighted by Gasteiger charge is 2.11. The minimum Gasteiger partial charge on any atom is -0.491 e. The first-order valence-electron chi connectivity index (χ1n) is 9.35. The highest BCUT2D eigenvalue weighted by molar-refractivity contribution is 7.80. The monoisotopic (exact) mass is 400 g/mol. The van der Waals surface area contributed by atoms with Gasteiger partial charge in [0, 0.05) is 5.69 Å². The number of carbonyl (C=O) groups is 1. The number of anilines is 1. The van der Waals surface area contributed by atoms with Crippen LogP contribution in [0.4, 0.5) is 5.69 Å². The van der Waals surface area contributed by atoms with Gasteiger partial charge in [-0.05, 0) is 87.8 Å². The van der Waals surface area contributed by atoms with E-state index in [1.807, 2.05) is 38.1 Å². The van der Waals surface area contributed by atoms with E-state index >= 15 is 0 Å². The van der Waals surface area contributed by atoms with Gasteiger partial charge in [-0.15, -0.1) is 0 Å². The number of benzene rings is 2. The number of carbonyl (C=O) groups excluding carboxylic acids is 1. The van der Waals surface area contributed by atoms with Crippen molar-refractivity contribution in [3.05, 3.63) is 58.7 Å². The van der Waals surface area contributed by atoms with E-state index in [-0.39, 0.29) is 12.0 Å². The number of nitrogens with one attached hydrogen (secondary N) is 2. The third kappa shape index (κ3) is 6.23. The van der Waals surface area contributed by atoms with Crippen LogP contribution in [-0.2, 0) is 4.74 Å². The van der Waals surface area contributed by atoms with Crippen LogP contribution in [0.3, 0.4) is 0 Å². The first kappa shape index (κ1) is 21.7. The van der Waals surface area contributed by atoms with E-state index in [1.165, 1.54) is 11.1 Å². The molecular weight excluding hydrogens is 372 g/mol. The van der Waals surface area contributed by atoms with E-state index in [2.05, 4.69) is 24.5 Å². The van der Waals surface area contributed by atoms with E-state index in [1.54, 1.807) is 19.1 Å². The number of rotatable bonds is 7. The van der Waals surface area contributed by atoms with Gasteiger partial charge in [0.25, 0.3) is 0 Å². The topological polar surface area (TPSA) is 59.6 Å². The van der Waals surface area contributed by atoms with Crippen molar-refractivity contribution in [2.45, 2.75) is 40.7 Å². The van der Waals surface area contributed by atoms with Gasteiger partial charge in [0.15, 0.2) is 5.11 Å². The van der Waals surface area contributed by atoms with Crippen LogP contribution in [0, 0.1) is 20.8 Å². The molecule has 0 amide bonds. The van der Waals surface area contributed by atoms with Crippen LogP contribution in [0.5, 0.6) is 5.75 Å². The SMILES string of the molecule is CCOC(=O)c1ccc(C)c(NC(=S)NC(C)COc2ccc(C)c(C)c2)c1. The van der Waals surface area contributed by atoms with Crippen LogP contribution in [0.25, 0.3) is 0 Å². The average molecular weight is 401 g/mol. The number of esters is 1. The van der Waals surface area contributed by atoms with E-state index < -0.39 is 0 Å². The summed E-state index contributed by atoms with van der Waals surface area (Å²) >= 11 is 5.41. The molecule has 6 heteroatoms. The predicted octanol–water partition coefficient (Wildman–Crippen LogP) is 4.54. The molecule has 2 N–H and O–H groups in total. The van der Waals surface area contributed by atoms with Crippen molar-refractivity contribution < 1.29 is 14.3 Å². The molecule has 0 aliphatic rings. The van der Waals surface area contributed by atoms with E-state index in [9.17, 15) is 4.79 Å². The van der Waals surface area contributed by atoms with Crippen molar-refractivity contribution in [1.82, 2.24) is 5.32 Å². The molecular formula is C22H28N2O3S. The summed E-state index contributed by atoms with van der Waals surface area (Å²) in [5.41, 5.74) is 4.68. The number of thiocarbonyl (C=S) groups is 1. The van der Waals surface area contributed by atoms with Crippen LogP contribution in [0.1, 0.15) is 40.9 Å². The van der Waals surface area contributed by atoms with Crippen LogP contribution >= 0.6 is 12.2 Å². The zero-order chi connectivity index (χ0) is 20.7. The summed E-state index contributed by atoms with van der Waals surface area (Å²) in [6.07, 6.45) is 0. The predicted molar refractivity (Wildman–Crippen MR) is 117 cm³/mol. The Balaban J connectivity index is 1.91. The number of hydrogen-bond acceptors (Lipinski definition) is 4. The lowest BCUT2D eigenvalue weighted by atomic mass is 10.1. The maximum absolute atomic E-state index is 11.9. The van der Waals surface area contributed by atoms with Gasteiger partial charge in [0.2, 0.25) is 0 Å². The largest absolute Gasteiger partial charge is 0.491 e. The molecule has 0 fully saturated rings. The molecule has 0 radical (unpaired) electrons. The standard InChI is InChI=1S/C22H28N2O3S/c1-6-26-21(25)18-9-7-15(3)20(12-18)24-22(28)23-17(5)13-27-19-10-8-14(2)16(4)11-19/h7-12,17H,6,13H2,1-5H3,(H2,23,24,28). The van der Waals surface area contributed by atoms with Crippen molar-refractivity contribution in [3.63, 3.8) is 0 Å². The average Bonchev–Trinajstić information content (AvgIpc) is 2.64. The molecule has 1 unspecified atom stereocenters. The Kier molecular flexibility index (Phi) is 7.81. The zero-order valence-corrected chi connectivity index (χ0v) is 17.9. The van der Waals surface area contributed by atoms with E-state index in [0.29, 0.717) is 23.9 Å². The third-order valence-electron chi connectivity index (χ3n) is 4.35. The molecule has 5 nitrogen and oxygen atoms in total. The highest BCUT2D eigenvalue weighted by atomic mass is 32.1. The van der Waals surface area contributed by atoms with Gasteiger partial charge >= 0.3 is 5.97 Å². The van der Waals surface area contributed by atoms with Gasteiger partial charge in [0.05, 0.1) is 18.2 Å². The summed E-state index contributed by atoms with van der Waals surface area (Å²) in [5, 5.41) is 6.83. The molecule has 2 rings (SSSR count). The number of ether oxygens (including phenoxy) is 2. The molecule has 0 heterocycles. The van der Waals surface area contributed by atoms with E-state index in [4.69, 9.17) is 21.7 Å². The fraction of sp³-hybridized carbons (Fsp3) is 0.364. The Hall–Kier alpha value is -2.60. The van der Waals surface area contributed by atoms with Crippen LogP contribution in [0.2, 0.25) is 0 Å². The summed E-state index contributed by atoms with van der Waals surface area (Å²) in [4.78, 5) is 11.9. The van der Waals surface area contributed by atoms with Gasteiger partial charge in [-0.3, -0.25) is 0 Å². The van der Waals surface area contributed by atoms with Crippen molar-refractivity contribution in [2.24, 2.45) is 0 Å². The zero-order valence-electron chi connectivity index (χ0n) is 17.1. The Bertz CT molecular complexity index is 852. The molecule has 2 aromatic carbocycles. The lowest BCUT2D eigenvalue weighted by molar-refractivity contribution is 0.0526. The van der Waals surface area contributed by atoms with E-state index in [0.717, 1.165) is 17.0 Å². The molecule has 1 atom stereocenters. The minimum absolute atomic E-state index is 0.00940. The maximum Gasteiger partial charge on any atom is 0.338 e. The maximum atomic E-state index is 11.9. The van der Waals surface area contributed by atoms with Gasteiger partial charge in [-0.2, -0.15) is 0 Å². The molecule has 0 saturated carbocycles. The summed E-state index contributed by atoms with van der Waals surface area (Å²) in [5.74, 6) is 0.494. The molecule has 0 aliphatic carbocycles. The molecule has 0 aromatic heterocycles. The third-order valence-corrected chi connectivity index (χ3v) is 4.57. The highest BCUT2D eigenvalue weighted by Crippen LogP contribution is 2.18. The van der Waals surface area contributed by atoms with Gasteiger partial charge in [-0.1, -0.05) is 12.1 Å². The smallest absolute Gasteiger partial charge is 0.338 e. The molecule has 150 valence electrons. The van der Waals surface area contributed by atoms with Crippen LogP contribution in [0.15, 0.2) is 36.4 Å². The summed E-state index contributed by atoms with van der Waals surface area (Å²) in [6, 6.07) is 11.4. The van der Waals surface area contributed by atoms with Crippen molar-refractivity contribution in [1.29, 1.82) is 0 Å². The van der Waals surface area contributed by atoms with Gasteiger partial charge < -0.3 is 20.1 Å². The molecule has 0 bridgehead atoms. The Morgan fingerprint density at radius 1 is 1.07 bits per heavy atom. The van der Waals surface area contributed by atoms with Crippen LogP contribution in [-0.4, -0.2) is 30.3 Å². The van der Waals surface area contributed by atoms with Gasteiger partial charge in [-0.25, -0.2) is 4.79 Å². The Morgan fingerprint density at radius 3 is 2.46 bits per heavy atom. The lowest BCUT2D eigenvalue weighted by Gasteiger charge is -2.19. The molecule has 28 heavy (non-hydrogen) atoms. The Morgan fingerprint density at radius 2 is 1.79 bits per heavy atom. The molecule has 0 saturated heterocycles. The summed E-state index contributed by atoms with van der Waals surface area (Å²) in [7, 11) is 0. The van der Waals surface area contributed by atoms with Crippen molar-refractivity contribution in [3.8, 4) is 5.75 Å². The fourth-order valence-electron chi connectivity index (χ4n) is 2.55. The fourth-order valence-corrected chi connectivity index (χ4v) is 2.86. The summed E-state index contributed by atoms with van der Waals surface area (Å²) in [6.45, 7) is 10.7. The number of aryl methyl sites for hydroxylation is 3. The number of hydrogen-bond donors (Lipinski definition) is 2. The lowest BCUT2D eigenvalue weighted by Crippen LogP contribution is -2.39. The molecule has 0 spiro atoms. The normalized spacial score (nSPS) is 11.5. The second-order valence-corrected chi connectivity index (χ2v) is 7.21. The molecule has 2 aromatic rings. The second kappa shape index (κ2) is 10.1. The summed E-state index contributed by atoms with van der Waals surface area (Å²) < 4.78 is 10.9. The first-order chi connectivity index (χ1) is 13.3. The van der Waals surface area contributed by atoms with Crippen molar-refractivity contribution in [2.75, 3.05) is 18.5 Å². The molecule has 0 aliphatic heterocycles. The second-order valence-electron chi connectivity index (χ2n) is 6.81. The Labute approximate surface area is 172 Å². The van der Waals surface area contributed by atoms with Crippen LogP contribution < -0.4 is 15.4 Å². The minimum atomic E-state index is -0.348. The quantitative estimate of drug-likeness (QED) is 0.526. The van der Waals surface area contributed by atoms with Crippen molar-refractivity contribution >= 4 is 29.0 Å². The van der Waals surface area contributed by atoms with Gasteiger partial charge in [0.1, 0.15) is 12.4 Å². The first-order valence-corrected chi connectivity index (χ1v) is 9.76.